The van der Waals surface area contributed by atoms with Crippen LogP contribution in [0.25, 0.3) is 10.8 Å². The molecule has 0 aliphatic carbocycles. The van der Waals surface area contributed by atoms with Gasteiger partial charge in [-0.2, -0.15) is 0 Å². The molecule has 0 aliphatic rings. The maximum Gasteiger partial charge on any atom is 0.00480 e. The first-order valence-electron chi connectivity index (χ1n) is 8.21. The molecule has 114 valence electrons. The van der Waals surface area contributed by atoms with Crippen molar-refractivity contribution in [2.75, 3.05) is 0 Å². The number of benzene rings is 2. The lowest BCUT2D eigenvalue weighted by Gasteiger charge is -2.19. The quantitative estimate of drug-likeness (QED) is 0.498. The van der Waals surface area contributed by atoms with Crippen molar-refractivity contribution in [3.63, 3.8) is 0 Å². The lowest BCUT2D eigenvalue weighted by molar-refractivity contribution is 0.407. The number of hydrogen-bond acceptors (Lipinski definition) is 1. The van der Waals surface area contributed by atoms with Gasteiger partial charge >= 0.3 is 0 Å². The lowest BCUT2D eigenvalue weighted by Crippen LogP contribution is -2.11. The molecule has 0 saturated heterocycles. The van der Waals surface area contributed by atoms with Gasteiger partial charge in [-0.3, -0.25) is 0 Å². The Kier molecular flexibility index (Phi) is 4.94. The molecule has 0 N–H and O–H groups in total. The topological polar surface area (TPSA) is 0 Å². The maximum atomic E-state index is 2.37. The van der Waals surface area contributed by atoms with Gasteiger partial charge in [0.25, 0.3) is 0 Å². The van der Waals surface area contributed by atoms with Crippen molar-refractivity contribution in [2.45, 2.75) is 33.1 Å². The van der Waals surface area contributed by atoms with Crippen molar-refractivity contribution >= 4 is 22.1 Å². The van der Waals surface area contributed by atoms with E-state index in [0.29, 0.717) is 0 Å². The van der Waals surface area contributed by atoms with Gasteiger partial charge in [0.05, 0.1) is 0 Å². The zero-order valence-corrected chi connectivity index (χ0v) is 14.3. The van der Waals surface area contributed by atoms with Gasteiger partial charge in [-0.05, 0) is 58.9 Å². The van der Waals surface area contributed by atoms with Gasteiger partial charge < -0.3 is 0 Å². The highest BCUT2D eigenvalue weighted by Gasteiger charge is 2.13. The minimum Gasteiger partial charge on any atom is -0.149 e. The third-order valence-electron chi connectivity index (χ3n) is 4.21. The molecule has 0 spiro atoms. The van der Waals surface area contributed by atoms with Crippen LogP contribution in [0.4, 0.5) is 0 Å². The Labute approximate surface area is 137 Å². The summed E-state index contributed by atoms with van der Waals surface area (Å²) in [5.41, 5.74) is 1.47. The maximum absolute atomic E-state index is 2.37. The van der Waals surface area contributed by atoms with Gasteiger partial charge in [0.1, 0.15) is 0 Å². The molecule has 0 aliphatic heterocycles. The molecule has 2 aromatic carbocycles. The first-order chi connectivity index (χ1) is 10.7. The van der Waals surface area contributed by atoms with E-state index in [2.05, 4.69) is 73.8 Å². The van der Waals surface area contributed by atoms with E-state index in [0.717, 1.165) is 11.8 Å². The Bertz CT molecular complexity index is 710. The Hall–Kier alpha value is -1.60. The van der Waals surface area contributed by atoms with Crippen LogP contribution in [0.1, 0.15) is 30.7 Å². The van der Waals surface area contributed by atoms with E-state index in [1.807, 2.05) is 11.3 Å². The number of thiophene rings is 1. The second-order valence-electron chi connectivity index (χ2n) is 6.66. The van der Waals surface area contributed by atoms with E-state index >= 15 is 0 Å². The standard InChI is InChI=1S/C21H24S/c1-16(2)12-18(15-21-8-5-11-22-21)13-17-9-10-19-6-3-4-7-20(19)14-17/h3-11,14,16,18H,12-13,15H2,1-2H3. The molecule has 22 heavy (non-hydrogen) atoms. The first-order valence-corrected chi connectivity index (χ1v) is 9.09. The number of hydrogen-bond donors (Lipinski definition) is 0. The summed E-state index contributed by atoms with van der Waals surface area (Å²) in [6.07, 6.45) is 3.69. The highest BCUT2D eigenvalue weighted by molar-refractivity contribution is 7.09. The molecular weight excluding hydrogens is 284 g/mol. The SMILES string of the molecule is CC(C)CC(Cc1ccc2ccccc2c1)Cc1cccs1. The molecule has 0 radical (unpaired) electrons. The summed E-state index contributed by atoms with van der Waals surface area (Å²) in [5.74, 6) is 1.49. The van der Waals surface area contributed by atoms with Gasteiger partial charge in [0.2, 0.25) is 0 Å². The van der Waals surface area contributed by atoms with Crippen LogP contribution in [0.5, 0.6) is 0 Å². The van der Waals surface area contributed by atoms with Crippen LogP contribution in [-0.4, -0.2) is 0 Å². The van der Waals surface area contributed by atoms with Crippen LogP contribution in [0.15, 0.2) is 60.0 Å². The molecule has 0 fully saturated rings. The molecule has 0 nitrogen and oxygen atoms in total. The van der Waals surface area contributed by atoms with Crippen molar-refractivity contribution in [2.24, 2.45) is 11.8 Å². The lowest BCUT2D eigenvalue weighted by atomic mass is 9.87. The van der Waals surface area contributed by atoms with Crippen molar-refractivity contribution in [3.05, 3.63) is 70.4 Å². The van der Waals surface area contributed by atoms with E-state index in [9.17, 15) is 0 Å². The molecule has 1 atom stereocenters. The fourth-order valence-electron chi connectivity index (χ4n) is 3.32. The fraction of sp³-hybridized carbons (Fsp3) is 0.333. The Balaban J connectivity index is 1.78. The summed E-state index contributed by atoms with van der Waals surface area (Å²) in [6, 6.07) is 20.0. The highest BCUT2D eigenvalue weighted by atomic mass is 32.1. The monoisotopic (exact) mass is 308 g/mol. The van der Waals surface area contributed by atoms with Crippen LogP contribution >= 0.6 is 11.3 Å². The summed E-state index contributed by atoms with van der Waals surface area (Å²) in [7, 11) is 0. The molecule has 1 unspecified atom stereocenters. The molecular formula is C21H24S. The van der Waals surface area contributed by atoms with Gasteiger partial charge in [0, 0.05) is 4.88 Å². The van der Waals surface area contributed by atoms with Crippen LogP contribution in [0.3, 0.4) is 0 Å². The van der Waals surface area contributed by atoms with Gasteiger partial charge in [-0.25, -0.2) is 0 Å². The Morgan fingerprint density at radius 2 is 1.68 bits per heavy atom. The van der Waals surface area contributed by atoms with Crippen LogP contribution < -0.4 is 0 Å². The predicted octanol–water partition coefficient (Wildman–Crippen LogP) is 6.35. The summed E-state index contributed by atoms with van der Waals surface area (Å²) in [4.78, 5) is 1.52. The third-order valence-corrected chi connectivity index (χ3v) is 5.11. The van der Waals surface area contributed by atoms with Gasteiger partial charge in [0.15, 0.2) is 0 Å². The van der Waals surface area contributed by atoms with Gasteiger partial charge in [-0.1, -0.05) is 62.4 Å². The zero-order chi connectivity index (χ0) is 15.4. The van der Waals surface area contributed by atoms with E-state index in [1.165, 1.54) is 40.5 Å². The zero-order valence-electron chi connectivity index (χ0n) is 13.5. The normalized spacial score (nSPS) is 12.9. The van der Waals surface area contributed by atoms with Crippen LogP contribution in [0, 0.1) is 11.8 Å². The molecule has 3 aromatic rings. The predicted molar refractivity (Wildman–Crippen MR) is 98.6 cm³/mol. The number of rotatable bonds is 6. The average molecular weight is 308 g/mol. The van der Waals surface area contributed by atoms with Crippen molar-refractivity contribution in [1.82, 2.24) is 0 Å². The third kappa shape index (κ3) is 3.98. The summed E-state index contributed by atoms with van der Waals surface area (Å²) >= 11 is 1.89. The second-order valence-corrected chi connectivity index (χ2v) is 7.70. The van der Waals surface area contributed by atoms with Crippen LogP contribution in [0.2, 0.25) is 0 Å². The first kappa shape index (κ1) is 15.3. The second kappa shape index (κ2) is 7.11. The van der Waals surface area contributed by atoms with E-state index in [-0.39, 0.29) is 0 Å². The summed E-state index contributed by atoms with van der Waals surface area (Å²) in [6.45, 7) is 4.67. The largest absolute Gasteiger partial charge is 0.149 e. The molecule has 1 heterocycles. The molecule has 1 heteroatoms. The van der Waals surface area contributed by atoms with Crippen molar-refractivity contribution < 1.29 is 0 Å². The Morgan fingerprint density at radius 3 is 2.41 bits per heavy atom. The number of fused-ring (bicyclic) bond motifs is 1. The molecule has 0 bridgehead atoms. The highest BCUT2D eigenvalue weighted by Crippen LogP contribution is 2.25. The summed E-state index contributed by atoms with van der Waals surface area (Å²) < 4.78 is 0. The molecule has 3 rings (SSSR count). The van der Waals surface area contributed by atoms with Crippen LogP contribution in [-0.2, 0) is 12.8 Å². The molecule has 0 amide bonds. The van der Waals surface area contributed by atoms with E-state index < -0.39 is 0 Å². The van der Waals surface area contributed by atoms with Crippen molar-refractivity contribution in [1.29, 1.82) is 0 Å². The van der Waals surface area contributed by atoms with E-state index in [1.54, 1.807) is 0 Å². The van der Waals surface area contributed by atoms with Gasteiger partial charge in [-0.15, -0.1) is 11.3 Å². The molecule has 1 aromatic heterocycles. The van der Waals surface area contributed by atoms with E-state index in [4.69, 9.17) is 0 Å². The minimum atomic E-state index is 0.736. The molecule has 0 saturated carbocycles. The average Bonchev–Trinajstić information content (AvgIpc) is 2.99. The Morgan fingerprint density at radius 1 is 0.864 bits per heavy atom. The van der Waals surface area contributed by atoms with Crippen molar-refractivity contribution in [3.8, 4) is 0 Å². The fourth-order valence-corrected chi connectivity index (χ4v) is 4.14. The smallest absolute Gasteiger partial charge is 0.00480 e. The summed E-state index contributed by atoms with van der Waals surface area (Å²) in [5, 5.41) is 4.89. The minimum absolute atomic E-state index is 0.736.